The maximum Gasteiger partial charge on any atom is 0.223 e. The van der Waals surface area contributed by atoms with E-state index in [1.165, 1.54) is 22.5 Å². The molecule has 0 bridgehead atoms. The van der Waals surface area contributed by atoms with E-state index in [-0.39, 0.29) is 42.3 Å². The minimum absolute atomic E-state index is 0.109. The second-order valence-corrected chi connectivity index (χ2v) is 9.89. The van der Waals surface area contributed by atoms with E-state index in [9.17, 15) is 17.6 Å². The summed E-state index contributed by atoms with van der Waals surface area (Å²) in [4.78, 5) is 12.6. The second kappa shape index (κ2) is 10.8. The van der Waals surface area contributed by atoms with E-state index < -0.39 is 15.8 Å². The number of nitrogens with zero attached hydrogens (tertiary/aromatic N) is 1. The summed E-state index contributed by atoms with van der Waals surface area (Å²) in [6.07, 6.45) is 0.850. The van der Waals surface area contributed by atoms with Crippen molar-refractivity contribution in [1.82, 2.24) is 9.62 Å². The fraction of sp³-hybridized carbons (Fsp3) is 0.435. The zero-order chi connectivity index (χ0) is 23.1. The van der Waals surface area contributed by atoms with Gasteiger partial charge in [-0.05, 0) is 50.1 Å². The van der Waals surface area contributed by atoms with Crippen LogP contribution in [0, 0.1) is 11.7 Å². The summed E-state index contributed by atoms with van der Waals surface area (Å²) in [7, 11) is -2.05. The number of amides is 1. The maximum atomic E-state index is 13.8. The molecule has 1 N–H and O–H groups in total. The Morgan fingerprint density at radius 3 is 2.38 bits per heavy atom. The highest BCUT2D eigenvalue weighted by atomic mass is 32.2. The number of carbonyl (C=O) groups excluding carboxylic acids is 1. The van der Waals surface area contributed by atoms with Crippen LogP contribution in [0.5, 0.6) is 11.5 Å². The molecule has 1 fully saturated rings. The minimum atomic E-state index is -3.64. The maximum absolute atomic E-state index is 13.8. The molecule has 1 saturated heterocycles. The van der Waals surface area contributed by atoms with Crippen LogP contribution in [0.1, 0.15) is 25.3 Å². The molecule has 9 heteroatoms. The van der Waals surface area contributed by atoms with Crippen LogP contribution in [0.3, 0.4) is 0 Å². The zero-order valence-corrected chi connectivity index (χ0v) is 19.1. The molecule has 1 atom stereocenters. The van der Waals surface area contributed by atoms with Crippen molar-refractivity contribution in [1.29, 1.82) is 0 Å². The Hall–Kier alpha value is -2.65. The fourth-order valence-corrected chi connectivity index (χ4v) is 5.17. The smallest absolute Gasteiger partial charge is 0.223 e. The Morgan fingerprint density at radius 1 is 1.12 bits per heavy atom. The molecule has 7 nitrogen and oxygen atoms in total. The van der Waals surface area contributed by atoms with Crippen LogP contribution in [0.2, 0.25) is 0 Å². The highest BCUT2D eigenvalue weighted by Gasteiger charge is 2.32. The van der Waals surface area contributed by atoms with Crippen LogP contribution < -0.4 is 14.8 Å². The van der Waals surface area contributed by atoms with E-state index in [1.54, 1.807) is 37.4 Å². The van der Waals surface area contributed by atoms with Crippen molar-refractivity contribution in [3.63, 3.8) is 0 Å². The average molecular weight is 465 g/mol. The number of carbonyl (C=O) groups is 1. The molecule has 2 aromatic carbocycles. The third-order valence-corrected chi connectivity index (χ3v) is 7.29. The quantitative estimate of drug-likeness (QED) is 0.617. The number of ether oxygens (including phenoxy) is 2. The van der Waals surface area contributed by atoms with Crippen LogP contribution >= 0.6 is 0 Å². The van der Waals surface area contributed by atoms with Gasteiger partial charge in [0.1, 0.15) is 23.9 Å². The lowest BCUT2D eigenvalue weighted by molar-refractivity contribution is -0.126. The van der Waals surface area contributed by atoms with Crippen molar-refractivity contribution in [3.8, 4) is 11.5 Å². The molecule has 1 aliphatic rings. The second-order valence-electron chi connectivity index (χ2n) is 7.92. The van der Waals surface area contributed by atoms with Crippen molar-refractivity contribution in [2.24, 2.45) is 5.92 Å². The zero-order valence-electron chi connectivity index (χ0n) is 18.3. The molecule has 0 unspecified atom stereocenters. The number of hydrogen-bond donors (Lipinski definition) is 1. The number of benzene rings is 2. The summed E-state index contributed by atoms with van der Waals surface area (Å²) < 4.78 is 51.3. The predicted molar refractivity (Wildman–Crippen MR) is 119 cm³/mol. The predicted octanol–water partition coefficient (Wildman–Crippen LogP) is 2.96. The summed E-state index contributed by atoms with van der Waals surface area (Å²) >= 11 is 0. The molecule has 1 amide bonds. The largest absolute Gasteiger partial charge is 0.497 e. The van der Waals surface area contributed by atoms with Gasteiger partial charge in [0.15, 0.2) is 0 Å². The summed E-state index contributed by atoms with van der Waals surface area (Å²) in [5, 5.41) is 2.94. The van der Waals surface area contributed by atoms with Gasteiger partial charge in [-0.25, -0.2) is 17.1 Å². The van der Waals surface area contributed by atoms with Crippen LogP contribution in [0.25, 0.3) is 0 Å². The summed E-state index contributed by atoms with van der Waals surface area (Å²) in [5.41, 5.74) is 0.151. The molecular weight excluding hydrogens is 435 g/mol. The third-order valence-electron chi connectivity index (χ3n) is 5.46. The lowest BCUT2D eigenvalue weighted by Gasteiger charge is -2.31. The number of sulfonamides is 1. The highest BCUT2D eigenvalue weighted by molar-refractivity contribution is 7.88. The van der Waals surface area contributed by atoms with Gasteiger partial charge in [-0.2, -0.15) is 0 Å². The Labute approximate surface area is 188 Å². The molecule has 0 radical (unpaired) electrons. The van der Waals surface area contributed by atoms with E-state index >= 15 is 0 Å². The lowest BCUT2D eigenvalue weighted by atomic mass is 9.97. The van der Waals surface area contributed by atoms with Crippen LogP contribution in [-0.4, -0.2) is 51.5 Å². The summed E-state index contributed by atoms with van der Waals surface area (Å²) in [5.74, 6) is 0.133. The van der Waals surface area contributed by atoms with Gasteiger partial charge in [0.25, 0.3) is 0 Å². The van der Waals surface area contributed by atoms with Crippen LogP contribution in [-0.2, 0) is 20.6 Å². The van der Waals surface area contributed by atoms with Gasteiger partial charge in [-0.1, -0.05) is 18.2 Å². The average Bonchev–Trinajstić information content (AvgIpc) is 2.79. The van der Waals surface area contributed by atoms with Gasteiger partial charge in [0, 0.05) is 24.6 Å². The Morgan fingerprint density at radius 2 is 1.75 bits per heavy atom. The Kier molecular flexibility index (Phi) is 8.09. The minimum Gasteiger partial charge on any atom is -0.497 e. The van der Waals surface area contributed by atoms with E-state index in [2.05, 4.69) is 5.32 Å². The third kappa shape index (κ3) is 6.43. The number of nitrogens with one attached hydrogen (secondary N) is 1. The monoisotopic (exact) mass is 464 g/mol. The molecule has 3 rings (SSSR count). The molecule has 174 valence electrons. The van der Waals surface area contributed by atoms with Crippen LogP contribution in [0.4, 0.5) is 4.39 Å². The van der Waals surface area contributed by atoms with Crippen LogP contribution in [0.15, 0.2) is 48.5 Å². The Bertz CT molecular complexity index is 1010. The van der Waals surface area contributed by atoms with Crippen molar-refractivity contribution in [2.75, 3.05) is 26.8 Å². The number of hydrogen-bond acceptors (Lipinski definition) is 5. The first kappa shape index (κ1) is 24.0. The molecule has 0 saturated carbocycles. The van der Waals surface area contributed by atoms with E-state index in [0.29, 0.717) is 25.2 Å². The van der Waals surface area contributed by atoms with Crippen molar-refractivity contribution in [2.45, 2.75) is 31.6 Å². The molecule has 32 heavy (non-hydrogen) atoms. The molecule has 0 aromatic heterocycles. The molecular formula is C23H29FN2O5S. The van der Waals surface area contributed by atoms with E-state index in [1.807, 2.05) is 6.92 Å². The molecule has 1 heterocycles. The molecule has 2 aromatic rings. The fourth-order valence-electron chi connectivity index (χ4n) is 3.59. The topological polar surface area (TPSA) is 84.9 Å². The standard InChI is InChI=1S/C23H29FN2O5S/c1-17(15-31-21-9-7-20(30-2)8-10-21)25-23(27)18-11-13-26(14-12-18)32(28,29)16-19-5-3-4-6-22(19)24/h3-10,17-18H,11-16H2,1-2H3,(H,25,27)/t17-/m0/s1. The number of rotatable bonds is 9. The van der Waals surface area contributed by atoms with Gasteiger partial charge < -0.3 is 14.8 Å². The first-order valence-corrected chi connectivity index (χ1v) is 12.2. The lowest BCUT2D eigenvalue weighted by Crippen LogP contribution is -2.46. The summed E-state index contributed by atoms with van der Waals surface area (Å²) in [6.45, 7) is 2.65. The molecule has 0 aliphatic carbocycles. The van der Waals surface area contributed by atoms with Crippen molar-refractivity contribution in [3.05, 3.63) is 59.9 Å². The SMILES string of the molecule is COc1ccc(OC[C@H](C)NC(=O)C2CCN(S(=O)(=O)Cc3ccccc3F)CC2)cc1. The normalized spacial score (nSPS) is 16.3. The van der Waals surface area contributed by atoms with Gasteiger partial charge >= 0.3 is 0 Å². The number of methoxy groups -OCH3 is 1. The highest BCUT2D eigenvalue weighted by Crippen LogP contribution is 2.23. The van der Waals surface area contributed by atoms with Gasteiger partial charge in [-0.3, -0.25) is 4.79 Å². The molecule has 0 spiro atoms. The first-order chi connectivity index (χ1) is 15.3. The molecule has 1 aliphatic heterocycles. The van der Waals surface area contributed by atoms with Gasteiger partial charge in [-0.15, -0.1) is 0 Å². The van der Waals surface area contributed by atoms with Crippen molar-refractivity contribution >= 4 is 15.9 Å². The van der Waals surface area contributed by atoms with E-state index in [4.69, 9.17) is 9.47 Å². The van der Waals surface area contributed by atoms with Crippen molar-refractivity contribution < 1.29 is 27.1 Å². The first-order valence-electron chi connectivity index (χ1n) is 10.6. The van der Waals surface area contributed by atoms with E-state index in [0.717, 1.165) is 5.75 Å². The number of piperidine rings is 1. The number of halogens is 1. The van der Waals surface area contributed by atoms with Gasteiger partial charge in [0.05, 0.1) is 18.9 Å². The Balaban J connectivity index is 1.44. The summed E-state index contributed by atoms with van der Waals surface area (Å²) in [6, 6.07) is 12.9. The van der Waals surface area contributed by atoms with Gasteiger partial charge in [0.2, 0.25) is 15.9 Å².